The highest BCUT2D eigenvalue weighted by atomic mass is 32.2. The first kappa shape index (κ1) is 27.4. The summed E-state index contributed by atoms with van der Waals surface area (Å²) in [6.45, 7) is 3.12. The van der Waals surface area contributed by atoms with Crippen LogP contribution in [-0.2, 0) is 22.8 Å². The Labute approximate surface area is 248 Å². The SMILES string of the molecule is CS(=O)(=O)CCc1cc(F)cc(-c2cccc3[nH]c(-c4n[nH]c5ccc(-c6cncc(CN7CCCC7)c6)nc45)nc23)c1. The van der Waals surface area contributed by atoms with Crippen molar-refractivity contribution in [3.8, 4) is 33.9 Å². The predicted molar refractivity (Wildman–Crippen MR) is 166 cm³/mol. The van der Waals surface area contributed by atoms with E-state index in [1.165, 1.54) is 31.2 Å². The summed E-state index contributed by atoms with van der Waals surface area (Å²) in [5.74, 6) is 0.0582. The van der Waals surface area contributed by atoms with Gasteiger partial charge in [0.05, 0.1) is 28.0 Å². The lowest BCUT2D eigenvalue weighted by atomic mass is 10.0. The molecule has 0 spiro atoms. The van der Waals surface area contributed by atoms with E-state index in [0.29, 0.717) is 33.7 Å². The summed E-state index contributed by atoms with van der Waals surface area (Å²) < 4.78 is 38.0. The van der Waals surface area contributed by atoms with Crippen LogP contribution in [0, 0.1) is 5.82 Å². The van der Waals surface area contributed by atoms with Crippen LogP contribution in [0.1, 0.15) is 24.0 Å². The van der Waals surface area contributed by atoms with Gasteiger partial charge < -0.3 is 4.98 Å². The molecule has 43 heavy (non-hydrogen) atoms. The normalized spacial score (nSPS) is 14.3. The second-order valence-corrected chi connectivity index (χ2v) is 13.5. The number of sulfone groups is 1. The van der Waals surface area contributed by atoms with Crippen LogP contribution in [0.4, 0.5) is 4.39 Å². The lowest BCUT2D eigenvalue weighted by Crippen LogP contribution is -2.18. The standard InChI is InChI=1S/C32H30FN7O2S/c1-43(41,42)12-9-20-13-22(16-24(33)15-20)25-5-4-6-27-29(25)37-32(36-27)31-30-28(38-39-31)8-7-26(35-30)23-14-21(17-34-18-23)19-40-10-2-3-11-40/h4-8,13-18H,2-3,9-12,19H2,1H3,(H,36,37)(H,38,39). The van der Waals surface area contributed by atoms with E-state index in [-0.39, 0.29) is 12.2 Å². The second-order valence-electron chi connectivity index (χ2n) is 11.2. The smallest absolute Gasteiger partial charge is 0.161 e. The van der Waals surface area contributed by atoms with Gasteiger partial charge >= 0.3 is 0 Å². The van der Waals surface area contributed by atoms with Crippen LogP contribution < -0.4 is 0 Å². The van der Waals surface area contributed by atoms with Crippen molar-refractivity contribution in [2.24, 2.45) is 0 Å². The Kier molecular flexibility index (Phi) is 6.98. The van der Waals surface area contributed by atoms with Crippen LogP contribution in [0.5, 0.6) is 0 Å². The Morgan fingerprint density at radius 2 is 1.74 bits per heavy atom. The first-order valence-electron chi connectivity index (χ1n) is 14.3. The number of hydrogen-bond acceptors (Lipinski definition) is 7. The van der Waals surface area contributed by atoms with Gasteiger partial charge in [0.2, 0.25) is 0 Å². The molecule has 9 nitrogen and oxygen atoms in total. The van der Waals surface area contributed by atoms with E-state index in [4.69, 9.17) is 9.97 Å². The maximum Gasteiger partial charge on any atom is 0.161 e. The summed E-state index contributed by atoms with van der Waals surface area (Å²) in [5, 5.41) is 7.60. The van der Waals surface area contributed by atoms with Crippen molar-refractivity contribution in [2.75, 3.05) is 25.1 Å². The summed E-state index contributed by atoms with van der Waals surface area (Å²) in [7, 11) is -3.18. The first-order chi connectivity index (χ1) is 20.8. The number of fused-ring (bicyclic) bond motifs is 2. The van der Waals surface area contributed by atoms with E-state index in [1.807, 2.05) is 48.8 Å². The summed E-state index contributed by atoms with van der Waals surface area (Å²) in [6.07, 6.45) is 7.65. The van der Waals surface area contributed by atoms with E-state index < -0.39 is 15.7 Å². The number of H-pyrrole nitrogens is 2. The number of nitrogens with one attached hydrogen (secondary N) is 2. The van der Waals surface area contributed by atoms with Crippen LogP contribution in [0.2, 0.25) is 0 Å². The zero-order valence-electron chi connectivity index (χ0n) is 23.6. The van der Waals surface area contributed by atoms with E-state index in [0.717, 1.165) is 53.1 Å². The van der Waals surface area contributed by atoms with Crippen LogP contribution in [0.3, 0.4) is 0 Å². The van der Waals surface area contributed by atoms with Gasteiger partial charge in [-0.05, 0) is 85.4 Å². The van der Waals surface area contributed by atoms with Gasteiger partial charge in [-0.3, -0.25) is 15.0 Å². The largest absolute Gasteiger partial charge is 0.336 e. The number of nitrogens with zero attached hydrogens (tertiary/aromatic N) is 5. The molecule has 1 aliphatic rings. The highest BCUT2D eigenvalue weighted by Gasteiger charge is 2.18. The molecule has 1 fully saturated rings. The van der Waals surface area contributed by atoms with Crippen molar-refractivity contribution < 1.29 is 12.8 Å². The molecule has 2 aromatic carbocycles. The Morgan fingerprint density at radius 3 is 2.58 bits per heavy atom. The highest BCUT2D eigenvalue weighted by molar-refractivity contribution is 7.90. The molecule has 1 aliphatic heterocycles. The number of para-hydroxylation sites is 1. The number of aromatic amines is 2. The van der Waals surface area contributed by atoms with E-state index in [9.17, 15) is 12.8 Å². The monoisotopic (exact) mass is 595 g/mol. The molecule has 0 radical (unpaired) electrons. The maximum absolute atomic E-state index is 14.6. The molecule has 2 N–H and O–H groups in total. The van der Waals surface area contributed by atoms with Gasteiger partial charge in [0.15, 0.2) is 11.5 Å². The first-order valence-corrected chi connectivity index (χ1v) is 16.3. The van der Waals surface area contributed by atoms with E-state index in [1.54, 1.807) is 0 Å². The molecule has 0 atom stereocenters. The van der Waals surface area contributed by atoms with Crippen molar-refractivity contribution >= 4 is 31.9 Å². The molecule has 0 unspecified atom stereocenters. The lowest BCUT2D eigenvalue weighted by molar-refractivity contribution is 0.331. The Bertz CT molecular complexity index is 2080. The number of pyridine rings is 2. The van der Waals surface area contributed by atoms with Crippen molar-refractivity contribution in [3.63, 3.8) is 0 Å². The maximum atomic E-state index is 14.6. The molecule has 4 aromatic heterocycles. The van der Waals surface area contributed by atoms with Crippen LogP contribution in [0.15, 0.2) is 67.0 Å². The highest BCUT2D eigenvalue weighted by Crippen LogP contribution is 2.33. The molecule has 6 aromatic rings. The van der Waals surface area contributed by atoms with Gasteiger partial charge in [-0.25, -0.2) is 22.8 Å². The molecule has 0 aliphatic carbocycles. The van der Waals surface area contributed by atoms with E-state index >= 15 is 0 Å². The molecular weight excluding hydrogens is 565 g/mol. The van der Waals surface area contributed by atoms with Crippen molar-refractivity contribution in [1.82, 2.24) is 35.0 Å². The summed E-state index contributed by atoms with van der Waals surface area (Å²) in [5.41, 5.74) is 8.32. The fraction of sp³-hybridized carbons (Fsp3) is 0.250. The summed E-state index contributed by atoms with van der Waals surface area (Å²) in [4.78, 5) is 20.1. The quantitative estimate of drug-likeness (QED) is 0.237. The average Bonchev–Trinajstić information content (AvgIpc) is 3.75. The van der Waals surface area contributed by atoms with Crippen molar-refractivity contribution in [2.45, 2.75) is 25.8 Å². The van der Waals surface area contributed by atoms with Crippen LogP contribution in [-0.4, -0.2) is 68.5 Å². The summed E-state index contributed by atoms with van der Waals surface area (Å²) in [6, 6.07) is 16.4. The number of aromatic nitrogens is 6. The Morgan fingerprint density at radius 1 is 0.907 bits per heavy atom. The minimum atomic E-state index is -3.18. The minimum Gasteiger partial charge on any atom is -0.336 e. The number of likely N-dealkylation sites (tertiary alicyclic amines) is 1. The molecule has 218 valence electrons. The van der Waals surface area contributed by atoms with Gasteiger partial charge in [0, 0.05) is 36.3 Å². The molecule has 0 bridgehead atoms. The predicted octanol–water partition coefficient (Wildman–Crippen LogP) is 5.55. The fourth-order valence-electron chi connectivity index (χ4n) is 5.77. The number of rotatable bonds is 8. The van der Waals surface area contributed by atoms with E-state index in [2.05, 4.69) is 31.1 Å². The number of hydrogen-bond donors (Lipinski definition) is 2. The third-order valence-corrected chi connectivity index (χ3v) is 8.82. The number of aryl methyl sites for hydroxylation is 1. The minimum absolute atomic E-state index is 0.0489. The van der Waals surface area contributed by atoms with Gasteiger partial charge in [0.25, 0.3) is 0 Å². The fourth-order valence-corrected chi connectivity index (χ4v) is 6.38. The van der Waals surface area contributed by atoms with Crippen LogP contribution in [0.25, 0.3) is 56.0 Å². The Balaban J connectivity index is 1.24. The lowest BCUT2D eigenvalue weighted by Gasteiger charge is -2.14. The third-order valence-electron chi connectivity index (χ3n) is 7.87. The Hall–Kier alpha value is -4.48. The summed E-state index contributed by atoms with van der Waals surface area (Å²) >= 11 is 0. The van der Waals surface area contributed by atoms with Gasteiger partial charge in [-0.1, -0.05) is 18.2 Å². The van der Waals surface area contributed by atoms with Crippen molar-refractivity contribution in [3.05, 3.63) is 83.9 Å². The molecule has 11 heteroatoms. The molecule has 0 amide bonds. The second kappa shape index (κ2) is 11.0. The van der Waals surface area contributed by atoms with Crippen molar-refractivity contribution in [1.29, 1.82) is 0 Å². The third kappa shape index (κ3) is 5.78. The average molecular weight is 596 g/mol. The molecule has 1 saturated heterocycles. The zero-order chi connectivity index (χ0) is 29.6. The topological polar surface area (TPSA) is 121 Å². The number of halogens is 1. The number of imidazole rings is 1. The van der Waals surface area contributed by atoms with Crippen LogP contribution >= 0.6 is 0 Å². The molecule has 5 heterocycles. The molecular formula is C32H30FN7O2S. The molecule has 7 rings (SSSR count). The molecule has 0 saturated carbocycles. The van der Waals surface area contributed by atoms with Gasteiger partial charge in [0.1, 0.15) is 21.2 Å². The zero-order valence-corrected chi connectivity index (χ0v) is 24.5. The number of benzene rings is 2. The van der Waals surface area contributed by atoms with Gasteiger partial charge in [-0.15, -0.1) is 0 Å². The van der Waals surface area contributed by atoms with Gasteiger partial charge in [-0.2, -0.15) is 5.10 Å².